The Morgan fingerprint density at radius 2 is 1.76 bits per heavy atom. The van der Waals surface area contributed by atoms with E-state index in [0.717, 1.165) is 5.56 Å². The maximum atomic E-state index is 12.4. The Kier molecular flexibility index (Phi) is 6.41. The average molecular weight is 366 g/mol. The molecule has 0 spiro atoms. The van der Waals surface area contributed by atoms with Crippen molar-refractivity contribution in [3.05, 3.63) is 39.2 Å². The SMILES string of the molecule is CCOP(=O)(OCC)/C(I)=C/c1ccccc1. The fourth-order valence-electron chi connectivity index (χ4n) is 1.27. The Bertz CT molecular complexity index is 407. The quantitative estimate of drug-likeness (QED) is 0.542. The monoisotopic (exact) mass is 366 g/mol. The zero-order valence-corrected chi connectivity index (χ0v) is 13.0. The van der Waals surface area contributed by atoms with Gasteiger partial charge in [0.25, 0.3) is 0 Å². The first-order chi connectivity index (χ1) is 8.12. The maximum absolute atomic E-state index is 12.4. The molecule has 0 unspecified atom stereocenters. The molecule has 17 heavy (non-hydrogen) atoms. The minimum atomic E-state index is -3.13. The Morgan fingerprint density at radius 3 is 2.24 bits per heavy atom. The summed E-state index contributed by atoms with van der Waals surface area (Å²) in [5.74, 6) is 0. The number of rotatable bonds is 6. The first kappa shape index (κ1) is 14.9. The smallest absolute Gasteiger partial charge is 0.305 e. The lowest BCUT2D eigenvalue weighted by Gasteiger charge is -2.16. The largest absolute Gasteiger partial charge is 0.367 e. The van der Waals surface area contributed by atoms with Crippen LogP contribution in [0.1, 0.15) is 19.4 Å². The molecule has 0 amide bonds. The normalized spacial score (nSPS) is 12.8. The minimum Gasteiger partial charge on any atom is -0.305 e. The van der Waals surface area contributed by atoms with Gasteiger partial charge in [-0.3, -0.25) is 4.57 Å². The fraction of sp³-hybridized carbons (Fsp3) is 0.333. The van der Waals surface area contributed by atoms with Crippen LogP contribution < -0.4 is 0 Å². The molecular weight excluding hydrogens is 350 g/mol. The molecule has 0 saturated heterocycles. The van der Waals surface area contributed by atoms with Gasteiger partial charge in [0, 0.05) is 0 Å². The number of halogens is 1. The molecule has 1 rings (SSSR count). The Balaban J connectivity index is 2.96. The molecule has 0 radical (unpaired) electrons. The summed E-state index contributed by atoms with van der Waals surface area (Å²) < 4.78 is 23.5. The van der Waals surface area contributed by atoms with Gasteiger partial charge in [0.1, 0.15) is 3.32 Å². The molecule has 0 heterocycles. The lowest BCUT2D eigenvalue weighted by Crippen LogP contribution is -1.95. The second-order valence-electron chi connectivity index (χ2n) is 3.21. The molecule has 0 aromatic heterocycles. The molecule has 1 aromatic carbocycles. The summed E-state index contributed by atoms with van der Waals surface area (Å²) in [5, 5.41) is 0. The van der Waals surface area contributed by atoms with Crippen LogP contribution in [-0.4, -0.2) is 13.2 Å². The van der Waals surface area contributed by atoms with Gasteiger partial charge in [0.2, 0.25) is 0 Å². The Morgan fingerprint density at radius 1 is 1.24 bits per heavy atom. The van der Waals surface area contributed by atoms with Crippen molar-refractivity contribution in [2.75, 3.05) is 13.2 Å². The summed E-state index contributed by atoms with van der Waals surface area (Å²) in [5.41, 5.74) is 0.983. The van der Waals surface area contributed by atoms with Crippen LogP contribution in [0, 0.1) is 0 Å². The van der Waals surface area contributed by atoms with E-state index in [1.54, 1.807) is 13.8 Å². The standard InChI is InChI=1S/C12H16IO3P/c1-3-15-17(14,16-4-2)12(13)10-11-8-6-5-7-9-11/h5-10H,3-4H2,1-2H3/b12-10+. The van der Waals surface area contributed by atoms with Crippen LogP contribution in [0.5, 0.6) is 0 Å². The molecular formula is C12H16IO3P. The molecule has 0 atom stereocenters. The third-order valence-electron chi connectivity index (χ3n) is 1.95. The summed E-state index contributed by atoms with van der Waals surface area (Å²) in [7, 11) is -3.13. The molecule has 0 aliphatic rings. The summed E-state index contributed by atoms with van der Waals surface area (Å²) in [6.45, 7) is 4.34. The van der Waals surface area contributed by atoms with E-state index in [9.17, 15) is 4.57 Å². The predicted molar refractivity (Wildman–Crippen MR) is 79.3 cm³/mol. The molecule has 3 nitrogen and oxygen atoms in total. The fourth-order valence-corrected chi connectivity index (χ4v) is 3.77. The molecule has 0 aliphatic carbocycles. The van der Waals surface area contributed by atoms with E-state index in [0.29, 0.717) is 16.5 Å². The summed E-state index contributed by atoms with van der Waals surface area (Å²) >= 11 is 2.02. The van der Waals surface area contributed by atoms with E-state index in [-0.39, 0.29) is 0 Å². The zero-order chi connectivity index (χ0) is 12.7. The van der Waals surface area contributed by atoms with Crippen molar-refractivity contribution in [3.8, 4) is 0 Å². The highest BCUT2D eigenvalue weighted by molar-refractivity contribution is 14.1. The third kappa shape index (κ3) is 4.54. The van der Waals surface area contributed by atoms with Crippen LogP contribution in [0.25, 0.3) is 6.08 Å². The van der Waals surface area contributed by atoms with Crippen molar-refractivity contribution in [3.63, 3.8) is 0 Å². The van der Waals surface area contributed by atoms with Crippen LogP contribution in [0.2, 0.25) is 0 Å². The van der Waals surface area contributed by atoms with Gasteiger partial charge in [-0.25, -0.2) is 0 Å². The van der Waals surface area contributed by atoms with Crippen LogP contribution in [0.4, 0.5) is 0 Å². The topological polar surface area (TPSA) is 35.5 Å². The van der Waals surface area contributed by atoms with E-state index >= 15 is 0 Å². The van der Waals surface area contributed by atoms with Gasteiger partial charge in [-0.05, 0) is 48.1 Å². The molecule has 94 valence electrons. The Labute approximate surface area is 116 Å². The van der Waals surface area contributed by atoms with Crippen molar-refractivity contribution in [1.29, 1.82) is 0 Å². The van der Waals surface area contributed by atoms with Crippen molar-refractivity contribution in [1.82, 2.24) is 0 Å². The molecule has 5 heteroatoms. The van der Waals surface area contributed by atoms with E-state index in [2.05, 4.69) is 0 Å². The molecule has 0 saturated carbocycles. The number of hydrogen-bond acceptors (Lipinski definition) is 3. The second kappa shape index (κ2) is 7.31. The van der Waals surface area contributed by atoms with Crippen LogP contribution in [0.15, 0.2) is 33.7 Å². The zero-order valence-electron chi connectivity index (χ0n) is 9.93. The first-order valence-electron chi connectivity index (χ1n) is 5.44. The molecule has 0 bridgehead atoms. The molecule has 1 aromatic rings. The number of hydrogen-bond donors (Lipinski definition) is 0. The van der Waals surface area contributed by atoms with Crippen molar-refractivity contribution < 1.29 is 13.6 Å². The summed E-state index contributed by atoms with van der Waals surface area (Å²) in [6, 6.07) is 9.70. The van der Waals surface area contributed by atoms with E-state index in [1.165, 1.54) is 0 Å². The highest BCUT2D eigenvalue weighted by Crippen LogP contribution is 2.59. The summed E-state index contributed by atoms with van der Waals surface area (Å²) in [4.78, 5) is 0. The number of benzene rings is 1. The van der Waals surface area contributed by atoms with Crippen molar-refractivity contribution >= 4 is 36.3 Å². The van der Waals surface area contributed by atoms with Gasteiger partial charge < -0.3 is 9.05 Å². The molecule has 0 aliphatic heterocycles. The lowest BCUT2D eigenvalue weighted by atomic mass is 10.2. The van der Waals surface area contributed by atoms with Gasteiger partial charge >= 0.3 is 7.60 Å². The van der Waals surface area contributed by atoms with E-state index in [4.69, 9.17) is 9.05 Å². The van der Waals surface area contributed by atoms with Crippen LogP contribution in [0.3, 0.4) is 0 Å². The third-order valence-corrected chi connectivity index (χ3v) is 5.88. The van der Waals surface area contributed by atoms with Gasteiger partial charge in [0.05, 0.1) is 13.2 Å². The lowest BCUT2D eigenvalue weighted by molar-refractivity contribution is 0.228. The predicted octanol–water partition coefficient (Wildman–Crippen LogP) is 4.69. The maximum Gasteiger partial charge on any atom is 0.367 e. The molecule has 0 N–H and O–H groups in total. The van der Waals surface area contributed by atoms with Gasteiger partial charge in [-0.1, -0.05) is 30.3 Å². The summed E-state index contributed by atoms with van der Waals surface area (Å²) in [6.07, 6.45) is 1.83. The van der Waals surface area contributed by atoms with E-state index in [1.807, 2.05) is 59.0 Å². The van der Waals surface area contributed by atoms with E-state index < -0.39 is 7.60 Å². The van der Waals surface area contributed by atoms with Crippen molar-refractivity contribution in [2.24, 2.45) is 0 Å². The van der Waals surface area contributed by atoms with Gasteiger partial charge in [-0.15, -0.1) is 0 Å². The highest BCUT2D eigenvalue weighted by atomic mass is 127. The van der Waals surface area contributed by atoms with Crippen molar-refractivity contribution in [2.45, 2.75) is 13.8 Å². The highest BCUT2D eigenvalue weighted by Gasteiger charge is 2.27. The second-order valence-corrected chi connectivity index (χ2v) is 7.22. The van der Waals surface area contributed by atoms with Gasteiger partial charge in [-0.2, -0.15) is 0 Å². The average Bonchev–Trinajstić information content (AvgIpc) is 2.31. The van der Waals surface area contributed by atoms with Crippen LogP contribution >= 0.6 is 30.2 Å². The first-order valence-corrected chi connectivity index (χ1v) is 8.06. The minimum absolute atomic E-state index is 0.367. The van der Waals surface area contributed by atoms with Crippen LogP contribution in [-0.2, 0) is 13.6 Å². The Hall–Kier alpha value is -0.160. The molecule has 0 fully saturated rings. The van der Waals surface area contributed by atoms with Gasteiger partial charge in [0.15, 0.2) is 0 Å².